The van der Waals surface area contributed by atoms with Crippen molar-refractivity contribution in [1.82, 2.24) is 4.98 Å². The summed E-state index contributed by atoms with van der Waals surface area (Å²) in [5.41, 5.74) is 0.951. The molecule has 0 aliphatic rings. The molecule has 84 valence electrons. The number of rotatable bonds is 6. The molecule has 1 aromatic rings. The summed E-state index contributed by atoms with van der Waals surface area (Å²) in [5.74, 6) is 2.31. The number of ether oxygens (including phenoxy) is 1. The van der Waals surface area contributed by atoms with E-state index in [9.17, 15) is 0 Å². The molecule has 0 N–H and O–H groups in total. The second-order valence-electron chi connectivity index (χ2n) is 3.74. The molecule has 2 nitrogen and oxygen atoms in total. The van der Waals surface area contributed by atoms with E-state index in [0.29, 0.717) is 5.92 Å². The minimum atomic E-state index is 0.540. The average molecular weight is 225 g/mol. The number of aryl methyl sites for hydroxylation is 1. The summed E-state index contributed by atoms with van der Waals surface area (Å²) in [7, 11) is 0. The Hall–Kier alpha value is -0.700. The molecular weight excluding hydrogens is 206 g/mol. The minimum absolute atomic E-state index is 0.540. The summed E-state index contributed by atoms with van der Waals surface area (Å²) in [6.07, 6.45) is 4.13. The standard InChI is InChI=1S/C12H19NOS/c1-3-5-11(9-15)8-14-12-6-4-7-13-10(12)2/h4,6-7,11,15H,3,5,8-9H2,1-2H3. The number of pyridine rings is 1. The highest BCUT2D eigenvalue weighted by Crippen LogP contribution is 2.16. The van der Waals surface area contributed by atoms with E-state index < -0.39 is 0 Å². The third kappa shape index (κ3) is 4.12. The Kier molecular flexibility index (Phi) is 5.54. The van der Waals surface area contributed by atoms with E-state index in [2.05, 4.69) is 24.5 Å². The summed E-state index contributed by atoms with van der Waals surface area (Å²) in [6.45, 7) is 4.89. The van der Waals surface area contributed by atoms with Crippen LogP contribution in [0.25, 0.3) is 0 Å². The molecule has 1 atom stereocenters. The molecule has 0 saturated heterocycles. The van der Waals surface area contributed by atoms with Crippen molar-refractivity contribution in [1.29, 1.82) is 0 Å². The number of nitrogens with zero attached hydrogens (tertiary/aromatic N) is 1. The number of thiol groups is 1. The maximum atomic E-state index is 5.73. The summed E-state index contributed by atoms with van der Waals surface area (Å²) >= 11 is 4.33. The Bertz CT molecular complexity index is 291. The van der Waals surface area contributed by atoms with E-state index in [-0.39, 0.29) is 0 Å². The van der Waals surface area contributed by atoms with Gasteiger partial charge in [0.15, 0.2) is 0 Å². The van der Waals surface area contributed by atoms with Gasteiger partial charge in [-0.1, -0.05) is 13.3 Å². The predicted molar refractivity (Wildman–Crippen MR) is 66.7 cm³/mol. The molecule has 0 bridgehead atoms. The molecule has 1 rings (SSSR count). The summed E-state index contributed by atoms with van der Waals surface area (Å²) in [5, 5.41) is 0. The first-order valence-corrected chi connectivity index (χ1v) is 6.06. The van der Waals surface area contributed by atoms with Crippen molar-refractivity contribution in [3.8, 4) is 5.75 Å². The van der Waals surface area contributed by atoms with E-state index >= 15 is 0 Å². The van der Waals surface area contributed by atoms with Gasteiger partial charge in [0.1, 0.15) is 5.75 Å². The van der Waals surface area contributed by atoms with Gasteiger partial charge in [0.2, 0.25) is 0 Å². The maximum absolute atomic E-state index is 5.73. The van der Waals surface area contributed by atoms with Crippen molar-refractivity contribution in [3.05, 3.63) is 24.0 Å². The highest BCUT2D eigenvalue weighted by atomic mass is 32.1. The fraction of sp³-hybridized carbons (Fsp3) is 0.583. The molecule has 0 radical (unpaired) electrons. The zero-order valence-electron chi connectivity index (χ0n) is 9.44. The topological polar surface area (TPSA) is 22.1 Å². The van der Waals surface area contributed by atoms with Crippen LogP contribution in [-0.4, -0.2) is 17.3 Å². The molecule has 1 unspecified atom stereocenters. The van der Waals surface area contributed by atoms with Crippen LogP contribution in [0.3, 0.4) is 0 Å². The molecule has 0 aromatic carbocycles. The number of aromatic nitrogens is 1. The van der Waals surface area contributed by atoms with Crippen LogP contribution in [0.1, 0.15) is 25.5 Å². The van der Waals surface area contributed by atoms with Crippen molar-refractivity contribution >= 4 is 12.6 Å². The van der Waals surface area contributed by atoms with E-state index in [1.54, 1.807) is 6.20 Å². The lowest BCUT2D eigenvalue weighted by Gasteiger charge is -2.15. The van der Waals surface area contributed by atoms with Crippen molar-refractivity contribution in [2.45, 2.75) is 26.7 Å². The molecule has 1 heterocycles. The second kappa shape index (κ2) is 6.72. The zero-order chi connectivity index (χ0) is 11.1. The lowest BCUT2D eigenvalue weighted by molar-refractivity contribution is 0.252. The SMILES string of the molecule is CCCC(CS)COc1cccnc1C. The van der Waals surface area contributed by atoms with Gasteiger partial charge in [-0.25, -0.2) is 0 Å². The Morgan fingerprint density at radius 1 is 1.53 bits per heavy atom. The van der Waals surface area contributed by atoms with Crippen LogP contribution in [0.2, 0.25) is 0 Å². The summed E-state index contributed by atoms with van der Waals surface area (Å²) in [4.78, 5) is 4.18. The Morgan fingerprint density at radius 3 is 2.93 bits per heavy atom. The lowest BCUT2D eigenvalue weighted by atomic mass is 10.1. The predicted octanol–water partition coefficient (Wildman–Crippen LogP) is 3.11. The maximum Gasteiger partial charge on any atom is 0.140 e. The van der Waals surface area contributed by atoms with Crippen LogP contribution < -0.4 is 4.74 Å². The minimum Gasteiger partial charge on any atom is -0.491 e. The third-order valence-electron chi connectivity index (χ3n) is 2.39. The fourth-order valence-electron chi connectivity index (χ4n) is 1.47. The Morgan fingerprint density at radius 2 is 2.33 bits per heavy atom. The van der Waals surface area contributed by atoms with Gasteiger partial charge >= 0.3 is 0 Å². The molecule has 0 saturated carbocycles. The van der Waals surface area contributed by atoms with Crippen molar-refractivity contribution in [2.75, 3.05) is 12.4 Å². The van der Waals surface area contributed by atoms with Gasteiger partial charge < -0.3 is 4.74 Å². The highest BCUT2D eigenvalue weighted by molar-refractivity contribution is 7.80. The smallest absolute Gasteiger partial charge is 0.140 e. The van der Waals surface area contributed by atoms with Gasteiger partial charge in [0, 0.05) is 12.1 Å². The van der Waals surface area contributed by atoms with Gasteiger partial charge in [-0.05, 0) is 31.2 Å². The molecule has 0 spiro atoms. The van der Waals surface area contributed by atoms with Crippen LogP contribution in [0.5, 0.6) is 5.75 Å². The van der Waals surface area contributed by atoms with E-state index in [1.807, 2.05) is 19.1 Å². The molecule has 0 amide bonds. The first-order chi connectivity index (χ1) is 7.27. The van der Waals surface area contributed by atoms with E-state index in [1.165, 1.54) is 12.8 Å². The van der Waals surface area contributed by atoms with Crippen molar-refractivity contribution in [2.24, 2.45) is 5.92 Å². The number of hydrogen-bond acceptors (Lipinski definition) is 3. The fourth-order valence-corrected chi connectivity index (χ4v) is 1.75. The Balaban J connectivity index is 2.45. The number of hydrogen-bond donors (Lipinski definition) is 1. The van der Waals surface area contributed by atoms with E-state index in [4.69, 9.17) is 4.74 Å². The normalized spacial score (nSPS) is 12.5. The lowest BCUT2D eigenvalue weighted by Crippen LogP contribution is -2.14. The first-order valence-electron chi connectivity index (χ1n) is 5.43. The molecular formula is C12H19NOS. The van der Waals surface area contributed by atoms with E-state index in [0.717, 1.165) is 23.8 Å². The molecule has 0 aliphatic heterocycles. The van der Waals surface area contributed by atoms with Gasteiger partial charge in [-0.2, -0.15) is 12.6 Å². The average Bonchev–Trinajstić information content (AvgIpc) is 2.26. The quantitative estimate of drug-likeness (QED) is 0.751. The van der Waals surface area contributed by atoms with Crippen LogP contribution in [0, 0.1) is 12.8 Å². The summed E-state index contributed by atoms with van der Waals surface area (Å²) in [6, 6.07) is 3.86. The molecule has 0 aliphatic carbocycles. The zero-order valence-corrected chi connectivity index (χ0v) is 10.3. The van der Waals surface area contributed by atoms with Gasteiger partial charge in [-0.3, -0.25) is 4.98 Å². The molecule has 1 aromatic heterocycles. The summed E-state index contributed by atoms with van der Waals surface area (Å²) < 4.78 is 5.73. The highest BCUT2D eigenvalue weighted by Gasteiger charge is 2.07. The second-order valence-corrected chi connectivity index (χ2v) is 4.10. The van der Waals surface area contributed by atoms with Crippen molar-refractivity contribution < 1.29 is 4.74 Å². The van der Waals surface area contributed by atoms with Crippen LogP contribution >= 0.6 is 12.6 Å². The van der Waals surface area contributed by atoms with Gasteiger partial charge in [0.05, 0.1) is 12.3 Å². The largest absolute Gasteiger partial charge is 0.491 e. The Labute approximate surface area is 97.5 Å². The van der Waals surface area contributed by atoms with Crippen LogP contribution in [-0.2, 0) is 0 Å². The van der Waals surface area contributed by atoms with Gasteiger partial charge in [-0.15, -0.1) is 0 Å². The monoisotopic (exact) mass is 225 g/mol. The molecule has 15 heavy (non-hydrogen) atoms. The molecule has 0 fully saturated rings. The van der Waals surface area contributed by atoms with Crippen LogP contribution in [0.15, 0.2) is 18.3 Å². The third-order valence-corrected chi connectivity index (χ3v) is 2.90. The van der Waals surface area contributed by atoms with Crippen LogP contribution in [0.4, 0.5) is 0 Å². The first kappa shape index (κ1) is 12.4. The molecule has 3 heteroatoms. The van der Waals surface area contributed by atoms with Gasteiger partial charge in [0.25, 0.3) is 0 Å². The van der Waals surface area contributed by atoms with Crippen molar-refractivity contribution in [3.63, 3.8) is 0 Å².